The van der Waals surface area contributed by atoms with E-state index in [1.807, 2.05) is 28.2 Å². The lowest BCUT2D eigenvalue weighted by atomic mass is 10.1. The molecular formula is C17H23N3O2. The van der Waals surface area contributed by atoms with Gasteiger partial charge < -0.3 is 19.5 Å². The first kappa shape index (κ1) is 16.1. The summed E-state index contributed by atoms with van der Waals surface area (Å²) in [6.45, 7) is 0.522. The highest BCUT2D eigenvalue weighted by molar-refractivity contribution is 5.91. The molecule has 2 rings (SSSR count). The molecule has 0 aliphatic carbocycles. The number of hydrogen-bond donors (Lipinski definition) is 1. The number of benzene rings is 1. The summed E-state index contributed by atoms with van der Waals surface area (Å²) in [6.07, 6.45) is 1.50. The molecule has 0 saturated heterocycles. The second kappa shape index (κ2) is 7.13. The average molecular weight is 301 g/mol. The van der Waals surface area contributed by atoms with E-state index >= 15 is 0 Å². The number of carbonyl (C=O) groups is 1. The van der Waals surface area contributed by atoms with Gasteiger partial charge in [0, 0.05) is 26.3 Å². The number of nitrogens with zero attached hydrogens (tertiary/aromatic N) is 2. The van der Waals surface area contributed by atoms with Gasteiger partial charge in [-0.3, -0.25) is 4.79 Å². The Balaban J connectivity index is 2.05. The lowest BCUT2D eigenvalue weighted by Crippen LogP contribution is -2.34. The van der Waals surface area contributed by atoms with Crippen molar-refractivity contribution in [1.82, 2.24) is 10.2 Å². The Morgan fingerprint density at radius 1 is 1.14 bits per heavy atom. The van der Waals surface area contributed by atoms with Crippen molar-refractivity contribution < 1.29 is 9.21 Å². The van der Waals surface area contributed by atoms with Crippen molar-refractivity contribution in [3.63, 3.8) is 0 Å². The minimum atomic E-state index is -0.193. The van der Waals surface area contributed by atoms with Gasteiger partial charge in [0.15, 0.2) is 5.76 Å². The summed E-state index contributed by atoms with van der Waals surface area (Å²) in [7, 11) is 8.04. The molecule has 2 aromatic rings. The molecule has 5 nitrogen and oxygen atoms in total. The summed E-state index contributed by atoms with van der Waals surface area (Å²) < 4.78 is 5.10. The van der Waals surface area contributed by atoms with Gasteiger partial charge in [0.05, 0.1) is 12.3 Å². The van der Waals surface area contributed by atoms with Crippen molar-refractivity contribution in [2.75, 3.05) is 39.6 Å². The molecule has 1 N–H and O–H groups in total. The zero-order valence-corrected chi connectivity index (χ0v) is 13.5. The highest BCUT2D eigenvalue weighted by atomic mass is 16.3. The first-order valence-electron chi connectivity index (χ1n) is 7.24. The van der Waals surface area contributed by atoms with Crippen LogP contribution in [0.5, 0.6) is 0 Å². The third-order valence-corrected chi connectivity index (χ3v) is 3.62. The maximum Gasteiger partial charge on any atom is 0.287 e. The topological polar surface area (TPSA) is 48.7 Å². The molecule has 22 heavy (non-hydrogen) atoms. The van der Waals surface area contributed by atoms with Crippen LogP contribution in [0.1, 0.15) is 22.2 Å². The van der Waals surface area contributed by atoms with Crippen LogP contribution in [0.4, 0.5) is 5.69 Å². The molecule has 5 heteroatoms. The Hall–Kier alpha value is -2.27. The van der Waals surface area contributed by atoms with Gasteiger partial charge in [-0.1, -0.05) is 12.1 Å². The number of furan rings is 1. The van der Waals surface area contributed by atoms with E-state index in [0.29, 0.717) is 12.3 Å². The van der Waals surface area contributed by atoms with Gasteiger partial charge in [0.1, 0.15) is 0 Å². The number of amides is 1. The molecule has 0 spiro atoms. The number of nitrogens with one attached hydrogen (secondary N) is 1. The predicted octanol–water partition coefficient (Wildman–Crippen LogP) is 2.38. The van der Waals surface area contributed by atoms with Gasteiger partial charge in [0.2, 0.25) is 0 Å². The first-order chi connectivity index (χ1) is 10.5. The molecule has 1 amide bonds. The molecule has 1 aromatic heterocycles. The third-order valence-electron chi connectivity index (χ3n) is 3.62. The fraction of sp³-hybridized carbons (Fsp3) is 0.353. The van der Waals surface area contributed by atoms with Crippen molar-refractivity contribution in [3.8, 4) is 0 Å². The van der Waals surface area contributed by atoms with E-state index < -0.39 is 0 Å². The SMILES string of the molecule is CN(C)c1ccc(C(CNC(=O)c2ccco2)N(C)C)cc1. The maximum atomic E-state index is 12.0. The number of likely N-dealkylation sites (N-methyl/N-ethyl adjacent to an activating group) is 1. The van der Waals surface area contributed by atoms with Gasteiger partial charge in [-0.05, 0) is 43.9 Å². The second-order valence-corrected chi connectivity index (χ2v) is 5.65. The lowest BCUT2D eigenvalue weighted by molar-refractivity contribution is 0.0914. The van der Waals surface area contributed by atoms with E-state index in [2.05, 4.69) is 39.4 Å². The standard InChI is InChI=1S/C17H23N3O2/c1-19(2)14-9-7-13(8-10-14)15(20(3)4)12-18-17(21)16-6-5-11-22-16/h5-11,15H,12H2,1-4H3,(H,18,21). The molecular weight excluding hydrogens is 278 g/mol. The Kier molecular flexibility index (Phi) is 5.22. The number of hydrogen-bond acceptors (Lipinski definition) is 4. The Labute approximate surface area is 131 Å². The minimum Gasteiger partial charge on any atom is -0.459 e. The van der Waals surface area contributed by atoms with Crippen LogP contribution in [-0.2, 0) is 0 Å². The summed E-state index contributed by atoms with van der Waals surface area (Å²) in [4.78, 5) is 16.1. The van der Waals surface area contributed by atoms with Gasteiger partial charge in [-0.25, -0.2) is 0 Å². The van der Waals surface area contributed by atoms with E-state index in [1.54, 1.807) is 12.1 Å². The van der Waals surface area contributed by atoms with Gasteiger partial charge in [0.25, 0.3) is 5.91 Å². The van der Waals surface area contributed by atoms with Crippen LogP contribution < -0.4 is 10.2 Å². The van der Waals surface area contributed by atoms with E-state index in [9.17, 15) is 4.79 Å². The summed E-state index contributed by atoms with van der Waals surface area (Å²) in [5, 5.41) is 2.92. The molecule has 1 unspecified atom stereocenters. The summed E-state index contributed by atoms with van der Waals surface area (Å²) in [6, 6.07) is 11.8. The van der Waals surface area contributed by atoms with E-state index in [4.69, 9.17) is 4.42 Å². The zero-order valence-electron chi connectivity index (χ0n) is 13.5. The molecule has 0 aliphatic heterocycles. The summed E-state index contributed by atoms with van der Waals surface area (Å²) in [5.41, 5.74) is 2.32. The van der Waals surface area contributed by atoms with Crippen LogP contribution in [-0.4, -0.2) is 45.5 Å². The van der Waals surface area contributed by atoms with E-state index in [-0.39, 0.29) is 11.9 Å². The van der Waals surface area contributed by atoms with Crippen molar-refractivity contribution in [2.24, 2.45) is 0 Å². The van der Waals surface area contributed by atoms with Crippen LogP contribution in [0, 0.1) is 0 Å². The molecule has 0 saturated carbocycles. The molecule has 1 aromatic carbocycles. The highest BCUT2D eigenvalue weighted by Gasteiger charge is 2.17. The molecule has 118 valence electrons. The predicted molar refractivity (Wildman–Crippen MR) is 88.2 cm³/mol. The molecule has 0 bridgehead atoms. The van der Waals surface area contributed by atoms with E-state index in [0.717, 1.165) is 11.3 Å². The number of carbonyl (C=O) groups excluding carboxylic acids is 1. The largest absolute Gasteiger partial charge is 0.459 e. The third kappa shape index (κ3) is 3.89. The number of rotatable bonds is 6. The van der Waals surface area contributed by atoms with Crippen LogP contribution >= 0.6 is 0 Å². The molecule has 1 heterocycles. The normalized spacial score (nSPS) is 12.2. The second-order valence-electron chi connectivity index (χ2n) is 5.65. The zero-order chi connectivity index (χ0) is 16.1. The van der Waals surface area contributed by atoms with Gasteiger partial charge >= 0.3 is 0 Å². The average Bonchev–Trinajstić information content (AvgIpc) is 3.01. The van der Waals surface area contributed by atoms with E-state index in [1.165, 1.54) is 6.26 Å². The van der Waals surface area contributed by atoms with Gasteiger partial charge in [-0.15, -0.1) is 0 Å². The lowest BCUT2D eigenvalue weighted by Gasteiger charge is -2.25. The van der Waals surface area contributed by atoms with Crippen molar-refractivity contribution in [1.29, 1.82) is 0 Å². The Morgan fingerprint density at radius 2 is 1.82 bits per heavy atom. The van der Waals surface area contributed by atoms with Crippen LogP contribution in [0.2, 0.25) is 0 Å². The van der Waals surface area contributed by atoms with Crippen LogP contribution in [0.3, 0.4) is 0 Å². The van der Waals surface area contributed by atoms with Crippen LogP contribution in [0.15, 0.2) is 47.1 Å². The van der Waals surface area contributed by atoms with Crippen LogP contribution in [0.25, 0.3) is 0 Å². The fourth-order valence-electron chi connectivity index (χ4n) is 2.28. The summed E-state index contributed by atoms with van der Waals surface area (Å²) >= 11 is 0. The molecule has 0 fully saturated rings. The highest BCUT2D eigenvalue weighted by Crippen LogP contribution is 2.21. The fourth-order valence-corrected chi connectivity index (χ4v) is 2.28. The Morgan fingerprint density at radius 3 is 2.32 bits per heavy atom. The van der Waals surface area contributed by atoms with Gasteiger partial charge in [-0.2, -0.15) is 0 Å². The first-order valence-corrected chi connectivity index (χ1v) is 7.24. The monoisotopic (exact) mass is 301 g/mol. The number of anilines is 1. The smallest absolute Gasteiger partial charge is 0.287 e. The molecule has 1 atom stereocenters. The molecule has 0 radical (unpaired) electrons. The minimum absolute atomic E-state index is 0.107. The van der Waals surface area contributed by atoms with Crippen molar-refractivity contribution >= 4 is 11.6 Å². The molecule has 0 aliphatic rings. The quantitative estimate of drug-likeness (QED) is 0.890. The maximum absolute atomic E-state index is 12.0. The Bertz CT molecular complexity index is 589. The van der Waals surface area contributed by atoms with Crippen molar-refractivity contribution in [3.05, 3.63) is 54.0 Å². The summed E-state index contributed by atoms with van der Waals surface area (Å²) in [5.74, 6) is 0.141. The van der Waals surface area contributed by atoms with Crippen molar-refractivity contribution in [2.45, 2.75) is 6.04 Å².